The highest BCUT2D eigenvalue weighted by molar-refractivity contribution is 5.98. The van der Waals surface area contributed by atoms with Gasteiger partial charge >= 0.3 is 0 Å². The van der Waals surface area contributed by atoms with E-state index < -0.39 is 0 Å². The molecule has 4 nitrogen and oxygen atoms in total. The molecule has 1 unspecified atom stereocenters. The molecule has 2 N–H and O–H groups in total. The van der Waals surface area contributed by atoms with Gasteiger partial charge in [-0.05, 0) is 42.8 Å². The van der Waals surface area contributed by atoms with Crippen molar-refractivity contribution in [3.63, 3.8) is 0 Å². The van der Waals surface area contributed by atoms with Crippen molar-refractivity contribution >= 4 is 16.8 Å². The van der Waals surface area contributed by atoms with Crippen molar-refractivity contribution in [2.75, 3.05) is 13.2 Å². The Hall–Kier alpha value is -1.81. The number of aliphatic hydroxyl groups excluding tert-OH is 1. The molecule has 1 aliphatic rings. The van der Waals surface area contributed by atoms with Crippen LogP contribution in [0.15, 0.2) is 30.5 Å². The molecule has 3 rings (SSSR count). The summed E-state index contributed by atoms with van der Waals surface area (Å²) in [5, 5.41) is 10.5. The second-order valence-electron chi connectivity index (χ2n) is 5.11. The summed E-state index contributed by atoms with van der Waals surface area (Å²) < 4.78 is 0. The highest BCUT2D eigenvalue weighted by Crippen LogP contribution is 2.21. The van der Waals surface area contributed by atoms with Crippen molar-refractivity contribution in [3.8, 4) is 0 Å². The molecule has 0 saturated carbocycles. The Morgan fingerprint density at radius 2 is 2.26 bits per heavy atom. The van der Waals surface area contributed by atoms with E-state index >= 15 is 0 Å². The number of aromatic amines is 1. The monoisotopic (exact) mass is 258 g/mol. The lowest BCUT2D eigenvalue weighted by molar-refractivity contribution is 0.0503. The summed E-state index contributed by atoms with van der Waals surface area (Å²) in [6.07, 6.45) is 4.88. The van der Waals surface area contributed by atoms with Crippen LogP contribution in [0, 0.1) is 0 Å². The van der Waals surface area contributed by atoms with E-state index in [2.05, 4.69) is 4.98 Å². The molecule has 4 heteroatoms. The standard InChI is InChI=1S/C15H18N2O2/c18-10-13-3-1-2-8-17(13)15(19)12-5-4-11-6-7-16-14(11)9-12/h4-7,9,13,16,18H,1-3,8,10H2. The topological polar surface area (TPSA) is 56.3 Å². The first kappa shape index (κ1) is 12.2. The third-order valence-electron chi connectivity index (χ3n) is 3.90. The van der Waals surface area contributed by atoms with Crippen molar-refractivity contribution < 1.29 is 9.90 Å². The minimum absolute atomic E-state index is 0.0234. The third kappa shape index (κ3) is 2.24. The lowest BCUT2D eigenvalue weighted by Gasteiger charge is -2.34. The van der Waals surface area contributed by atoms with E-state index in [4.69, 9.17) is 0 Å². The van der Waals surface area contributed by atoms with Crippen LogP contribution in [-0.4, -0.2) is 40.1 Å². The number of aromatic nitrogens is 1. The molecule has 1 aromatic carbocycles. The third-order valence-corrected chi connectivity index (χ3v) is 3.90. The predicted octanol–water partition coefficient (Wildman–Crippen LogP) is 2.15. The molecule has 0 bridgehead atoms. The van der Waals surface area contributed by atoms with Crippen LogP contribution in [0.4, 0.5) is 0 Å². The maximum atomic E-state index is 12.5. The van der Waals surface area contributed by atoms with E-state index in [9.17, 15) is 9.90 Å². The molecule has 2 heterocycles. The van der Waals surface area contributed by atoms with Crippen LogP contribution in [0.2, 0.25) is 0 Å². The molecule has 1 atom stereocenters. The Morgan fingerprint density at radius 1 is 1.37 bits per heavy atom. The van der Waals surface area contributed by atoms with E-state index in [1.807, 2.05) is 35.4 Å². The summed E-state index contributed by atoms with van der Waals surface area (Å²) in [5.41, 5.74) is 1.67. The van der Waals surface area contributed by atoms with Crippen LogP contribution in [-0.2, 0) is 0 Å². The molecule has 0 radical (unpaired) electrons. The summed E-state index contributed by atoms with van der Waals surface area (Å²) in [6.45, 7) is 0.795. The second kappa shape index (κ2) is 5.05. The maximum Gasteiger partial charge on any atom is 0.254 e. The average Bonchev–Trinajstić information content (AvgIpc) is 2.93. The normalized spacial score (nSPS) is 19.8. The molecular weight excluding hydrogens is 240 g/mol. The number of carbonyl (C=O) groups excluding carboxylic acids is 1. The SMILES string of the molecule is O=C(c1ccc2cc[nH]c2c1)N1CCCCC1CO. The van der Waals surface area contributed by atoms with Crippen LogP contribution < -0.4 is 0 Å². The Labute approximate surface area is 112 Å². The number of aliphatic hydroxyl groups is 1. The van der Waals surface area contributed by atoms with Gasteiger partial charge in [0.25, 0.3) is 5.91 Å². The molecule has 2 aromatic rings. The molecule has 1 aliphatic heterocycles. The number of H-pyrrole nitrogens is 1. The van der Waals surface area contributed by atoms with E-state index in [0.717, 1.165) is 36.7 Å². The zero-order valence-corrected chi connectivity index (χ0v) is 10.8. The first-order valence-corrected chi connectivity index (χ1v) is 6.78. The number of hydrogen-bond acceptors (Lipinski definition) is 2. The zero-order chi connectivity index (χ0) is 13.2. The van der Waals surface area contributed by atoms with E-state index in [-0.39, 0.29) is 18.6 Å². The number of rotatable bonds is 2. The number of hydrogen-bond donors (Lipinski definition) is 2. The first-order valence-electron chi connectivity index (χ1n) is 6.78. The predicted molar refractivity (Wildman–Crippen MR) is 74.1 cm³/mol. The fourth-order valence-electron chi connectivity index (χ4n) is 2.80. The minimum Gasteiger partial charge on any atom is -0.394 e. The number of benzene rings is 1. The van der Waals surface area contributed by atoms with Gasteiger partial charge in [0, 0.05) is 23.8 Å². The van der Waals surface area contributed by atoms with Gasteiger partial charge in [-0.25, -0.2) is 0 Å². The summed E-state index contributed by atoms with van der Waals surface area (Å²) in [5.74, 6) is 0.0234. The smallest absolute Gasteiger partial charge is 0.254 e. The fourth-order valence-corrected chi connectivity index (χ4v) is 2.80. The molecule has 0 spiro atoms. The zero-order valence-electron chi connectivity index (χ0n) is 10.8. The number of nitrogens with one attached hydrogen (secondary N) is 1. The van der Waals surface area contributed by atoms with Crippen molar-refractivity contribution in [1.29, 1.82) is 0 Å². The summed E-state index contributed by atoms with van der Waals surface area (Å²) in [7, 11) is 0. The number of fused-ring (bicyclic) bond motifs is 1. The lowest BCUT2D eigenvalue weighted by Crippen LogP contribution is -2.45. The second-order valence-corrected chi connectivity index (χ2v) is 5.11. The molecule has 1 amide bonds. The van der Waals surface area contributed by atoms with Gasteiger partial charge in [-0.3, -0.25) is 4.79 Å². The average molecular weight is 258 g/mol. The van der Waals surface area contributed by atoms with Gasteiger partial charge in [0.2, 0.25) is 0 Å². The van der Waals surface area contributed by atoms with Gasteiger partial charge in [-0.2, -0.15) is 0 Å². The van der Waals surface area contributed by atoms with E-state index in [1.54, 1.807) is 0 Å². The molecular formula is C15H18N2O2. The molecule has 19 heavy (non-hydrogen) atoms. The number of nitrogens with zero attached hydrogens (tertiary/aromatic N) is 1. The molecule has 100 valence electrons. The number of carbonyl (C=O) groups is 1. The molecule has 1 aromatic heterocycles. The van der Waals surface area contributed by atoms with Crippen LogP contribution >= 0.6 is 0 Å². The van der Waals surface area contributed by atoms with Gasteiger partial charge in [-0.1, -0.05) is 6.07 Å². The van der Waals surface area contributed by atoms with Crippen LogP contribution in [0.25, 0.3) is 10.9 Å². The molecule has 1 fully saturated rings. The number of piperidine rings is 1. The Balaban J connectivity index is 1.89. The summed E-state index contributed by atoms with van der Waals surface area (Å²) >= 11 is 0. The number of likely N-dealkylation sites (tertiary alicyclic amines) is 1. The highest BCUT2D eigenvalue weighted by Gasteiger charge is 2.26. The van der Waals surface area contributed by atoms with Crippen molar-refractivity contribution in [2.45, 2.75) is 25.3 Å². The highest BCUT2D eigenvalue weighted by atomic mass is 16.3. The van der Waals surface area contributed by atoms with Crippen molar-refractivity contribution in [3.05, 3.63) is 36.0 Å². The van der Waals surface area contributed by atoms with Gasteiger partial charge in [0.1, 0.15) is 0 Å². The van der Waals surface area contributed by atoms with Crippen LogP contribution in [0.5, 0.6) is 0 Å². The van der Waals surface area contributed by atoms with Crippen molar-refractivity contribution in [1.82, 2.24) is 9.88 Å². The lowest BCUT2D eigenvalue weighted by atomic mass is 10.0. The van der Waals surface area contributed by atoms with Crippen LogP contribution in [0.3, 0.4) is 0 Å². The van der Waals surface area contributed by atoms with Gasteiger partial charge in [-0.15, -0.1) is 0 Å². The maximum absolute atomic E-state index is 12.5. The quantitative estimate of drug-likeness (QED) is 0.867. The van der Waals surface area contributed by atoms with Crippen LogP contribution in [0.1, 0.15) is 29.6 Å². The Kier molecular flexibility index (Phi) is 3.25. The molecule has 1 saturated heterocycles. The van der Waals surface area contributed by atoms with E-state index in [0.29, 0.717) is 5.56 Å². The summed E-state index contributed by atoms with van der Waals surface area (Å²) in [4.78, 5) is 17.5. The first-order chi connectivity index (χ1) is 9.29. The van der Waals surface area contributed by atoms with E-state index in [1.165, 1.54) is 0 Å². The van der Waals surface area contributed by atoms with Crippen molar-refractivity contribution in [2.24, 2.45) is 0 Å². The largest absolute Gasteiger partial charge is 0.394 e. The summed E-state index contributed by atoms with van der Waals surface area (Å²) in [6, 6.07) is 7.67. The Morgan fingerprint density at radius 3 is 3.11 bits per heavy atom. The minimum atomic E-state index is -0.0272. The van der Waals surface area contributed by atoms with Gasteiger partial charge < -0.3 is 15.0 Å². The van der Waals surface area contributed by atoms with Gasteiger partial charge in [0.15, 0.2) is 0 Å². The van der Waals surface area contributed by atoms with Gasteiger partial charge in [0.05, 0.1) is 12.6 Å². The number of amides is 1. The molecule has 0 aliphatic carbocycles. The fraction of sp³-hybridized carbons (Fsp3) is 0.400. The Bertz CT molecular complexity index is 591.